The van der Waals surface area contributed by atoms with Crippen LogP contribution in [0.15, 0.2) is 67.0 Å². The molecule has 0 spiro atoms. The quantitative estimate of drug-likeness (QED) is 0.317. The van der Waals surface area contributed by atoms with Crippen molar-refractivity contribution in [1.82, 2.24) is 9.97 Å². The molecule has 0 saturated heterocycles. The van der Waals surface area contributed by atoms with Crippen molar-refractivity contribution in [3.8, 4) is 23.2 Å². The molecule has 1 heterocycles. The molecule has 4 rings (SSSR count). The summed E-state index contributed by atoms with van der Waals surface area (Å²) in [5, 5.41) is 1.68. The highest BCUT2D eigenvalue weighted by Crippen LogP contribution is 2.20. The van der Waals surface area contributed by atoms with Crippen LogP contribution in [0, 0.1) is 23.5 Å². The second-order valence-corrected chi connectivity index (χ2v) is 7.16. The van der Waals surface area contributed by atoms with Crippen LogP contribution in [0.2, 0.25) is 0 Å². The molecule has 4 aromatic rings. The van der Waals surface area contributed by atoms with Gasteiger partial charge in [-0.2, -0.15) is 0 Å². The van der Waals surface area contributed by atoms with Crippen LogP contribution in [-0.4, -0.2) is 23.7 Å². The third kappa shape index (κ3) is 5.11. The molecule has 3 aromatic carbocycles. The van der Waals surface area contributed by atoms with Gasteiger partial charge in [0.2, 0.25) is 0 Å². The second-order valence-electron chi connectivity index (χ2n) is 7.16. The van der Waals surface area contributed by atoms with Gasteiger partial charge >= 0.3 is 0 Å². The standard InChI is InChI=1S/C26H20F2N2O/c1-31-12-2-3-19-16-29-26(30-17-19)23-9-8-20(25(28)15-23)6-4-18-5-7-22-14-24(27)11-10-21(22)13-18/h5,7-11,13-17H,2-3,12H2,1H3. The van der Waals surface area contributed by atoms with E-state index in [0.717, 1.165) is 34.7 Å². The monoisotopic (exact) mass is 414 g/mol. The molecule has 0 aliphatic carbocycles. The first kappa shape index (κ1) is 20.6. The molecule has 31 heavy (non-hydrogen) atoms. The lowest BCUT2D eigenvalue weighted by Gasteiger charge is -2.04. The van der Waals surface area contributed by atoms with E-state index in [1.54, 1.807) is 49.8 Å². The van der Waals surface area contributed by atoms with Gasteiger partial charge in [-0.3, -0.25) is 0 Å². The molecular formula is C26H20F2N2O. The van der Waals surface area contributed by atoms with Crippen molar-refractivity contribution >= 4 is 10.8 Å². The Balaban J connectivity index is 1.51. The van der Waals surface area contributed by atoms with E-state index < -0.39 is 5.82 Å². The fourth-order valence-corrected chi connectivity index (χ4v) is 3.24. The van der Waals surface area contributed by atoms with Gasteiger partial charge in [-0.15, -0.1) is 0 Å². The Morgan fingerprint density at radius 3 is 2.42 bits per heavy atom. The van der Waals surface area contributed by atoms with Gasteiger partial charge < -0.3 is 4.74 Å². The fraction of sp³-hybridized carbons (Fsp3) is 0.154. The number of methoxy groups -OCH3 is 1. The van der Waals surface area contributed by atoms with Gasteiger partial charge in [0.15, 0.2) is 5.82 Å². The van der Waals surface area contributed by atoms with E-state index in [1.807, 2.05) is 6.07 Å². The summed E-state index contributed by atoms with van der Waals surface area (Å²) in [4.78, 5) is 8.69. The average Bonchev–Trinajstić information content (AvgIpc) is 2.79. The number of benzene rings is 3. The predicted molar refractivity (Wildman–Crippen MR) is 118 cm³/mol. The van der Waals surface area contributed by atoms with Gasteiger partial charge in [-0.05, 0) is 71.6 Å². The summed E-state index contributed by atoms with van der Waals surface area (Å²) in [7, 11) is 1.67. The molecule has 1 aromatic heterocycles. The molecule has 0 amide bonds. The molecule has 0 radical (unpaired) electrons. The fourth-order valence-electron chi connectivity index (χ4n) is 3.24. The van der Waals surface area contributed by atoms with Crippen LogP contribution in [0.1, 0.15) is 23.1 Å². The van der Waals surface area contributed by atoms with Gasteiger partial charge in [0.1, 0.15) is 11.6 Å². The minimum atomic E-state index is -0.430. The number of fused-ring (bicyclic) bond motifs is 1. The average molecular weight is 414 g/mol. The third-order valence-corrected chi connectivity index (χ3v) is 4.89. The van der Waals surface area contributed by atoms with E-state index >= 15 is 0 Å². The number of rotatable bonds is 5. The van der Waals surface area contributed by atoms with Gasteiger partial charge in [0.05, 0.1) is 5.56 Å². The van der Waals surface area contributed by atoms with E-state index in [0.29, 0.717) is 23.6 Å². The minimum absolute atomic E-state index is 0.279. The normalized spacial score (nSPS) is 10.7. The van der Waals surface area contributed by atoms with Crippen LogP contribution < -0.4 is 0 Å². The Morgan fingerprint density at radius 2 is 1.65 bits per heavy atom. The lowest BCUT2D eigenvalue weighted by atomic mass is 10.1. The van der Waals surface area contributed by atoms with Crippen LogP contribution in [0.4, 0.5) is 8.78 Å². The largest absolute Gasteiger partial charge is 0.385 e. The topological polar surface area (TPSA) is 35.0 Å². The first-order valence-corrected chi connectivity index (χ1v) is 9.93. The SMILES string of the molecule is COCCCc1cnc(-c2ccc(C#Cc3ccc4cc(F)ccc4c3)c(F)c2)nc1. The van der Waals surface area contributed by atoms with Crippen LogP contribution in [-0.2, 0) is 11.2 Å². The van der Waals surface area contributed by atoms with E-state index in [9.17, 15) is 8.78 Å². The number of hydrogen-bond acceptors (Lipinski definition) is 3. The van der Waals surface area contributed by atoms with Crippen LogP contribution in [0.25, 0.3) is 22.2 Å². The summed E-state index contributed by atoms with van der Waals surface area (Å²) in [6.07, 6.45) is 5.25. The van der Waals surface area contributed by atoms with E-state index in [-0.39, 0.29) is 5.82 Å². The predicted octanol–water partition coefficient (Wildman–Crippen LogP) is 5.55. The summed E-state index contributed by atoms with van der Waals surface area (Å²) in [6.45, 7) is 0.688. The lowest BCUT2D eigenvalue weighted by molar-refractivity contribution is 0.195. The van der Waals surface area contributed by atoms with E-state index in [4.69, 9.17) is 4.74 Å². The molecule has 154 valence electrons. The summed E-state index contributed by atoms with van der Waals surface area (Å²) < 4.78 is 33.0. The highest BCUT2D eigenvalue weighted by atomic mass is 19.1. The Hall–Kier alpha value is -3.62. The van der Waals surface area contributed by atoms with Crippen molar-refractivity contribution in [3.63, 3.8) is 0 Å². The molecule has 0 aliphatic heterocycles. The molecular weight excluding hydrogens is 394 g/mol. The summed E-state index contributed by atoms with van der Waals surface area (Å²) in [5.74, 6) is 5.60. The molecule has 3 nitrogen and oxygen atoms in total. The Kier molecular flexibility index (Phi) is 6.30. The number of nitrogens with zero attached hydrogens (tertiary/aromatic N) is 2. The van der Waals surface area contributed by atoms with Crippen LogP contribution >= 0.6 is 0 Å². The number of hydrogen-bond donors (Lipinski definition) is 0. The van der Waals surface area contributed by atoms with Crippen molar-refractivity contribution < 1.29 is 13.5 Å². The van der Waals surface area contributed by atoms with Gasteiger partial charge in [0.25, 0.3) is 0 Å². The maximum atomic E-state index is 14.6. The molecule has 0 fully saturated rings. The maximum Gasteiger partial charge on any atom is 0.159 e. The highest BCUT2D eigenvalue weighted by molar-refractivity contribution is 5.84. The van der Waals surface area contributed by atoms with Crippen molar-refractivity contribution in [1.29, 1.82) is 0 Å². The van der Waals surface area contributed by atoms with Crippen molar-refractivity contribution in [3.05, 3.63) is 95.3 Å². The molecule has 0 unspecified atom stereocenters. The Labute approximate surface area is 179 Å². The van der Waals surface area contributed by atoms with E-state index in [2.05, 4.69) is 21.8 Å². The number of aryl methyl sites for hydroxylation is 1. The minimum Gasteiger partial charge on any atom is -0.385 e. The molecule has 5 heteroatoms. The van der Waals surface area contributed by atoms with Gasteiger partial charge in [-0.1, -0.05) is 24.0 Å². The molecule has 0 aliphatic rings. The lowest BCUT2D eigenvalue weighted by Crippen LogP contribution is -1.96. The second kappa shape index (κ2) is 9.46. The zero-order valence-corrected chi connectivity index (χ0v) is 17.0. The van der Waals surface area contributed by atoms with E-state index in [1.165, 1.54) is 18.2 Å². The zero-order chi connectivity index (χ0) is 21.6. The van der Waals surface area contributed by atoms with Crippen molar-refractivity contribution in [2.75, 3.05) is 13.7 Å². The van der Waals surface area contributed by atoms with Crippen LogP contribution in [0.5, 0.6) is 0 Å². The molecule has 0 atom stereocenters. The smallest absolute Gasteiger partial charge is 0.159 e. The third-order valence-electron chi connectivity index (χ3n) is 4.89. The molecule has 0 N–H and O–H groups in total. The van der Waals surface area contributed by atoms with Gasteiger partial charge in [0, 0.05) is 37.2 Å². The highest BCUT2D eigenvalue weighted by Gasteiger charge is 2.06. The van der Waals surface area contributed by atoms with Crippen LogP contribution in [0.3, 0.4) is 0 Å². The number of halogens is 2. The summed E-state index contributed by atoms with van der Waals surface area (Å²) in [6, 6.07) is 14.8. The number of ether oxygens (including phenoxy) is 1. The Morgan fingerprint density at radius 1 is 0.871 bits per heavy atom. The molecule has 0 saturated carbocycles. The first-order chi connectivity index (χ1) is 15.1. The van der Waals surface area contributed by atoms with Crippen molar-refractivity contribution in [2.45, 2.75) is 12.8 Å². The van der Waals surface area contributed by atoms with Crippen molar-refractivity contribution in [2.24, 2.45) is 0 Å². The zero-order valence-electron chi connectivity index (χ0n) is 17.0. The first-order valence-electron chi connectivity index (χ1n) is 9.93. The summed E-state index contributed by atoms with van der Waals surface area (Å²) in [5.41, 5.74) is 2.63. The summed E-state index contributed by atoms with van der Waals surface area (Å²) >= 11 is 0. The maximum absolute atomic E-state index is 14.6. The Bertz CT molecular complexity index is 1270. The van der Waals surface area contributed by atoms with Gasteiger partial charge in [-0.25, -0.2) is 18.7 Å². The number of aromatic nitrogens is 2. The molecule has 0 bridgehead atoms.